The first-order valence-electron chi connectivity index (χ1n) is 7.91. The van der Waals surface area contributed by atoms with Crippen LogP contribution in [-0.2, 0) is 4.79 Å². The van der Waals surface area contributed by atoms with Crippen LogP contribution in [0.2, 0.25) is 0 Å². The van der Waals surface area contributed by atoms with Gasteiger partial charge < -0.3 is 10.2 Å². The van der Waals surface area contributed by atoms with Gasteiger partial charge in [-0.1, -0.05) is 51.1 Å². The molecule has 1 aromatic rings. The van der Waals surface area contributed by atoms with Gasteiger partial charge in [-0.05, 0) is 47.6 Å². The number of benzene rings is 1. The Balaban J connectivity index is 0.000000160. The van der Waals surface area contributed by atoms with Gasteiger partial charge in [-0.3, -0.25) is 0 Å². The van der Waals surface area contributed by atoms with Crippen LogP contribution in [0, 0.1) is 16.7 Å². The molecule has 1 aromatic carbocycles. The van der Waals surface area contributed by atoms with Gasteiger partial charge in [-0.2, -0.15) is 0 Å². The minimum atomic E-state index is -0.922. The van der Waals surface area contributed by atoms with Gasteiger partial charge in [-0.25, -0.2) is 4.79 Å². The Bertz CT molecular complexity index is 547. The number of aliphatic hydroxyl groups excluding tert-OH is 1. The summed E-state index contributed by atoms with van der Waals surface area (Å²) in [5.74, 6) is -0.142. The molecule has 0 aliphatic heterocycles. The fraction of sp³-hybridized carbons (Fsp3) is 0.526. The van der Waals surface area contributed by atoms with E-state index >= 15 is 0 Å². The van der Waals surface area contributed by atoms with E-state index in [4.69, 9.17) is 5.11 Å². The molecule has 0 heterocycles. The van der Waals surface area contributed by atoms with Gasteiger partial charge in [-0.15, -0.1) is 0 Å². The minimum Gasteiger partial charge on any atom is -0.478 e. The molecule has 3 rings (SSSR count). The zero-order valence-corrected chi connectivity index (χ0v) is 13.6. The standard InChI is InChI=1S/C10H18O.C9H8O2/c1-9(2)7-4-5-10(9,3)8(11)6-7;10-9(11)7-6-8-4-2-1-3-5-8/h7-8,11H,4-6H2,1-3H3;1-7H,(H,10,11)/t7-,8+,10-;/m1./s1. The lowest BCUT2D eigenvalue weighted by molar-refractivity contribution is -0.131. The van der Waals surface area contributed by atoms with Crippen molar-refractivity contribution in [1.82, 2.24) is 0 Å². The van der Waals surface area contributed by atoms with Crippen LogP contribution in [0.15, 0.2) is 36.4 Å². The number of carboxylic acid groups (broad SMARTS) is 1. The van der Waals surface area contributed by atoms with E-state index in [0.29, 0.717) is 5.41 Å². The molecule has 0 unspecified atom stereocenters. The van der Waals surface area contributed by atoms with E-state index in [1.165, 1.54) is 12.8 Å². The van der Waals surface area contributed by atoms with Crippen molar-refractivity contribution in [2.45, 2.75) is 46.1 Å². The quantitative estimate of drug-likeness (QED) is 0.812. The predicted octanol–water partition coefficient (Wildman–Crippen LogP) is 3.98. The first-order chi connectivity index (χ1) is 10.3. The lowest BCUT2D eigenvalue weighted by Gasteiger charge is -2.36. The van der Waals surface area contributed by atoms with E-state index in [2.05, 4.69) is 20.8 Å². The minimum absolute atomic E-state index is 0.0313. The summed E-state index contributed by atoms with van der Waals surface area (Å²) in [5, 5.41) is 18.1. The summed E-state index contributed by atoms with van der Waals surface area (Å²) in [4.78, 5) is 10.1. The van der Waals surface area contributed by atoms with Crippen LogP contribution in [0.25, 0.3) is 6.08 Å². The Morgan fingerprint density at radius 1 is 1.23 bits per heavy atom. The number of fused-ring (bicyclic) bond motifs is 2. The molecule has 3 atom stereocenters. The molecule has 0 spiro atoms. The van der Waals surface area contributed by atoms with Crippen LogP contribution >= 0.6 is 0 Å². The van der Waals surface area contributed by atoms with Crippen molar-refractivity contribution in [3.8, 4) is 0 Å². The lowest BCUT2D eigenvalue weighted by atomic mass is 9.70. The molecule has 2 bridgehead atoms. The third-order valence-electron chi connectivity index (χ3n) is 5.97. The zero-order valence-electron chi connectivity index (χ0n) is 13.6. The molecule has 2 fully saturated rings. The maximum atomic E-state index is 10.1. The van der Waals surface area contributed by atoms with Crippen molar-refractivity contribution >= 4 is 12.0 Å². The van der Waals surface area contributed by atoms with E-state index in [0.717, 1.165) is 24.0 Å². The molecule has 2 saturated carbocycles. The van der Waals surface area contributed by atoms with Gasteiger partial charge in [0.25, 0.3) is 0 Å². The van der Waals surface area contributed by atoms with Gasteiger partial charge in [0.2, 0.25) is 0 Å². The van der Waals surface area contributed by atoms with Crippen molar-refractivity contribution in [3.05, 3.63) is 42.0 Å². The molecule has 3 nitrogen and oxygen atoms in total. The van der Waals surface area contributed by atoms with Gasteiger partial charge in [0.05, 0.1) is 6.10 Å². The highest BCUT2D eigenvalue weighted by Crippen LogP contribution is 2.65. The summed E-state index contributed by atoms with van der Waals surface area (Å²) in [6.07, 6.45) is 6.25. The molecule has 0 amide bonds. The fourth-order valence-corrected chi connectivity index (χ4v) is 3.89. The molecular formula is C19H26O3. The molecule has 120 valence electrons. The molecule has 22 heavy (non-hydrogen) atoms. The van der Waals surface area contributed by atoms with Crippen molar-refractivity contribution < 1.29 is 15.0 Å². The van der Waals surface area contributed by atoms with E-state index in [1.54, 1.807) is 6.08 Å². The molecule has 2 N–H and O–H groups in total. The smallest absolute Gasteiger partial charge is 0.328 e. The fourth-order valence-electron chi connectivity index (χ4n) is 3.89. The second-order valence-corrected chi connectivity index (χ2v) is 7.21. The third kappa shape index (κ3) is 3.09. The van der Waals surface area contributed by atoms with Gasteiger partial charge in [0, 0.05) is 6.08 Å². The Morgan fingerprint density at radius 3 is 2.23 bits per heavy atom. The molecule has 0 aromatic heterocycles. The van der Waals surface area contributed by atoms with Crippen molar-refractivity contribution in [1.29, 1.82) is 0 Å². The number of aliphatic hydroxyl groups is 1. The highest BCUT2D eigenvalue weighted by molar-refractivity contribution is 5.85. The average molecular weight is 302 g/mol. The van der Waals surface area contributed by atoms with Gasteiger partial charge >= 0.3 is 5.97 Å². The predicted molar refractivity (Wildman–Crippen MR) is 88.3 cm³/mol. The van der Waals surface area contributed by atoms with Crippen LogP contribution in [0.4, 0.5) is 0 Å². The molecule has 2 aliphatic carbocycles. The van der Waals surface area contributed by atoms with E-state index < -0.39 is 5.97 Å². The molecule has 2 aliphatic rings. The van der Waals surface area contributed by atoms with Crippen LogP contribution < -0.4 is 0 Å². The summed E-state index contributed by atoms with van der Waals surface area (Å²) in [6.45, 7) is 6.90. The number of aliphatic carboxylic acids is 1. The highest BCUT2D eigenvalue weighted by Gasteiger charge is 2.60. The Morgan fingerprint density at radius 2 is 1.86 bits per heavy atom. The van der Waals surface area contributed by atoms with Crippen LogP contribution in [-0.4, -0.2) is 22.3 Å². The maximum Gasteiger partial charge on any atom is 0.328 e. The van der Waals surface area contributed by atoms with Gasteiger partial charge in [0.1, 0.15) is 0 Å². The summed E-state index contributed by atoms with van der Waals surface area (Å²) in [7, 11) is 0. The molecule has 0 radical (unpaired) electrons. The molecule has 3 heteroatoms. The third-order valence-corrected chi connectivity index (χ3v) is 5.97. The van der Waals surface area contributed by atoms with Crippen LogP contribution in [0.3, 0.4) is 0 Å². The normalized spacial score (nSPS) is 31.8. The number of carboxylic acids is 1. The largest absolute Gasteiger partial charge is 0.478 e. The molecule has 0 saturated heterocycles. The highest BCUT2D eigenvalue weighted by atomic mass is 16.4. The second-order valence-electron chi connectivity index (χ2n) is 7.21. The van der Waals surface area contributed by atoms with Gasteiger partial charge in [0.15, 0.2) is 0 Å². The Kier molecular flexibility index (Phi) is 4.76. The van der Waals surface area contributed by atoms with Crippen molar-refractivity contribution in [3.63, 3.8) is 0 Å². The van der Waals surface area contributed by atoms with E-state index in [9.17, 15) is 9.90 Å². The average Bonchev–Trinajstić information content (AvgIpc) is 2.80. The zero-order chi connectivity index (χ0) is 16.4. The number of rotatable bonds is 2. The summed E-state index contributed by atoms with van der Waals surface area (Å²) in [6, 6.07) is 9.31. The first kappa shape index (κ1) is 16.8. The summed E-state index contributed by atoms with van der Waals surface area (Å²) in [5.41, 5.74) is 1.50. The van der Waals surface area contributed by atoms with Crippen molar-refractivity contribution in [2.75, 3.05) is 0 Å². The maximum absolute atomic E-state index is 10.1. The lowest BCUT2D eigenvalue weighted by Crippen LogP contribution is -2.35. The monoisotopic (exact) mass is 302 g/mol. The number of carbonyl (C=O) groups is 1. The topological polar surface area (TPSA) is 57.5 Å². The van der Waals surface area contributed by atoms with Crippen LogP contribution in [0.5, 0.6) is 0 Å². The number of hydrogen-bond acceptors (Lipinski definition) is 2. The second kappa shape index (κ2) is 6.25. The first-order valence-corrected chi connectivity index (χ1v) is 7.91. The Labute approximate surface area is 132 Å². The SMILES string of the molecule is CC1(C)[C@@H]2CC[C@]1(C)[C@@H](O)C2.O=C(O)C=Cc1ccccc1. The Hall–Kier alpha value is -1.61. The summed E-state index contributed by atoms with van der Waals surface area (Å²) < 4.78 is 0. The summed E-state index contributed by atoms with van der Waals surface area (Å²) >= 11 is 0. The number of hydrogen-bond donors (Lipinski definition) is 2. The van der Waals surface area contributed by atoms with E-state index in [1.807, 2.05) is 30.3 Å². The van der Waals surface area contributed by atoms with E-state index in [-0.39, 0.29) is 11.5 Å². The molecular weight excluding hydrogens is 276 g/mol. The van der Waals surface area contributed by atoms with Crippen LogP contribution in [0.1, 0.15) is 45.6 Å². The van der Waals surface area contributed by atoms with Crippen molar-refractivity contribution in [2.24, 2.45) is 16.7 Å².